The van der Waals surface area contributed by atoms with Crippen molar-refractivity contribution in [3.63, 3.8) is 0 Å². The van der Waals surface area contributed by atoms with Gasteiger partial charge in [0, 0.05) is 17.5 Å². The molecule has 0 aliphatic rings. The van der Waals surface area contributed by atoms with E-state index in [1.165, 1.54) is 0 Å². The van der Waals surface area contributed by atoms with Crippen LogP contribution in [0, 0.1) is 0 Å². The SMILES string of the molecule is CCOc1ccc(N=Cc2c(OCC(=O)Nc3ccccc3)ccc3ccccc23)cc1. The average molecular weight is 425 g/mol. The van der Waals surface area contributed by atoms with Gasteiger partial charge in [0.1, 0.15) is 11.5 Å². The quantitative estimate of drug-likeness (QED) is 0.353. The maximum atomic E-state index is 12.3. The molecular weight excluding hydrogens is 400 g/mol. The Hall–Kier alpha value is -4.12. The largest absolute Gasteiger partial charge is 0.494 e. The summed E-state index contributed by atoms with van der Waals surface area (Å²) >= 11 is 0. The van der Waals surface area contributed by atoms with Crippen molar-refractivity contribution < 1.29 is 14.3 Å². The molecule has 160 valence electrons. The van der Waals surface area contributed by atoms with Gasteiger partial charge in [-0.3, -0.25) is 9.79 Å². The van der Waals surface area contributed by atoms with E-state index in [0.717, 1.165) is 33.5 Å². The molecule has 0 spiro atoms. The van der Waals surface area contributed by atoms with Crippen molar-refractivity contribution in [3.05, 3.63) is 96.6 Å². The molecule has 32 heavy (non-hydrogen) atoms. The standard InChI is InChI=1S/C27H24N2O3/c1-2-31-23-15-13-21(14-16-23)28-18-25-24-11-7-6-8-20(24)12-17-26(25)32-19-27(30)29-22-9-4-3-5-10-22/h3-18H,2,19H2,1H3,(H,29,30). The predicted molar refractivity (Wildman–Crippen MR) is 129 cm³/mol. The van der Waals surface area contributed by atoms with Crippen LogP contribution in [0.5, 0.6) is 11.5 Å². The van der Waals surface area contributed by atoms with E-state index in [0.29, 0.717) is 12.4 Å². The van der Waals surface area contributed by atoms with Crippen LogP contribution in [-0.4, -0.2) is 25.3 Å². The Morgan fingerprint density at radius 1 is 0.875 bits per heavy atom. The average Bonchev–Trinajstić information content (AvgIpc) is 2.83. The van der Waals surface area contributed by atoms with Crippen molar-refractivity contribution in [3.8, 4) is 11.5 Å². The lowest BCUT2D eigenvalue weighted by molar-refractivity contribution is -0.118. The van der Waals surface area contributed by atoms with Gasteiger partial charge in [-0.25, -0.2) is 0 Å². The van der Waals surface area contributed by atoms with Crippen molar-refractivity contribution in [2.45, 2.75) is 6.92 Å². The summed E-state index contributed by atoms with van der Waals surface area (Å²) in [7, 11) is 0. The first kappa shape index (κ1) is 21.1. The fourth-order valence-corrected chi connectivity index (χ4v) is 3.33. The predicted octanol–water partition coefficient (Wildman–Crippen LogP) is 6.01. The first-order chi connectivity index (χ1) is 15.7. The number of anilines is 1. The summed E-state index contributed by atoms with van der Waals surface area (Å²) in [5.41, 5.74) is 2.36. The number of hydrogen-bond acceptors (Lipinski definition) is 4. The topological polar surface area (TPSA) is 59.9 Å². The van der Waals surface area contributed by atoms with Crippen molar-refractivity contribution in [1.29, 1.82) is 0 Å². The molecule has 4 rings (SSSR count). The molecule has 0 aromatic heterocycles. The van der Waals surface area contributed by atoms with E-state index in [4.69, 9.17) is 9.47 Å². The van der Waals surface area contributed by atoms with Crippen LogP contribution in [0.3, 0.4) is 0 Å². The Morgan fingerprint density at radius 3 is 2.41 bits per heavy atom. The molecule has 4 aromatic rings. The number of nitrogens with zero attached hydrogens (tertiary/aromatic N) is 1. The lowest BCUT2D eigenvalue weighted by atomic mass is 10.0. The highest BCUT2D eigenvalue weighted by Crippen LogP contribution is 2.28. The molecule has 0 saturated heterocycles. The van der Waals surface area contributed by atoms with Gasteiger partial charge in [-0.1, -0.05) is 48.5 Å². The maximum Gasteiger partial charge on any atom is 0.262 e. The first-order valence-electron chi connectivity index (χ1n) is 10.5. The van der Waals surface area contributed by atoms with E-state index in [2.05, 4.69) is 10.3 Å². The third-order valence-electron chi connectivity index (χ3n) is 4.84. The number of amides is 1. The normalized spacial score (nSPS) is 10.9. The summed E-state index contributed by atoms with van der Waals surface area (Å²) in [4.78, 5) is 17.0. The van der Waals surface area contributed by atoms with Crippen molar-refractivity contribution in [2.75, 3.05) is 18.5 Å². The van der Waals surface area contributed by atoms with Gasteiger partial charge in [0.2, 0.25) is 0 Å². The highest BCUT2D eigenvalue weighted by Gasteiger charge is 2.10. The lowest BCUT2D eigenvalue weighted by Gasteiger charge is -2.12. The Balaban J connectivity index is 1.56. The van der Waals surface area contributed by atoms with Crippen LogP contribution in [0.4, 0.5) is 11.4 Å². The molecule has 0 aliphatic carbocycles. The molecule has 0 atom stereocenters. The number of carbonyl (C=O) groups excluding carboxylic acids is 1. The van der Waals surface area contributed by atoms with Crippen LogP contribution in [0.1, 0.15) is 12.5 Å². The van der Waals surface area contributed by atoms with E-state index in [1.807, 2.05) is 97.9 Å². The second-order valence-corrected chi connectivity index (χ2v) is 7.09. The van der Waals surface area contributed by atoms with Gasteiger partial charge in [0.15, 0.2) is 6.61 Å². The molecule has 0 radical (unpaired) electrons. The van der Waals surface area contributed by atoms with Crippen molar-refractivity contribution in [1.82, 2.24) is 0 Å². The number of para-hydroxylation sites is 1. The Morgan fingerprint density at radius 2 is 1.62 bits per heavy atom. The lowest BCUT2D eigenvalue weighted by Crippen LogP contribution is -2.20. The molecule has 1 N–H and O–H groups in total. The minimum atomic E-state index is -0.223. The number of rotatable bonds is 8. The number of aliphatic imine (C=N–C) groups is 1. The van der Waals surface area contributed by atoms with Gasteiger partial charge in [-0.15, -0.1) is 0 Å². The van der Waals surface area contributed by atoms with Crippen LogP contribution in [0.2, 0.25) is 0 Å². The van der Waals surface area contributed by atoms with Crippen LogP contribution in [-0.2, 0) is 4.79 Å². The van der Waals surface area contributed by atoms with Gasteiger partial charge >= 0.3 is 0 Å². The number of benzene rings is 4. The second kappa shape index (κ2) is 10.3. The third kappa shape index (κ3) is 5.32. The molecule has 0 aliphatic heterocycles. The Labute approximate surface area is 187 Å². The maximum absolute atomic E-state index is 12.3. The zero-order valence-corrected chi connectivity index (χ0v) is 17.8. The van der Waals surface area contributed by atoms with E-state index >= 15 is 0 Å². The summed E-state index contributed by atoms with van der Waals surface area (Å²) in [5.74, 6) is 1.19. The van der Waals surface area contributed by atoms with Crippen LogP contribution in [0.15, 0.2) is 96.0 Å². The molecule has 5 nitrogen and oxygen atoms in total. The summed E-state index contributed by atoms with van der Waals surface area (Å²) in [6, 6.07) is 28.8. The van der Waals surface area contributed by atoms with Crippen molar-refractivity contribution in [2.24, 2.45) is 4.99 Å². The van der Waals surface area contributed by atoms with Gasteiger partial charge in [0.05, 0.1) is 12.3 Å². The number of hydrogen-bond donors (Lipinski definition) is 1. The molecule has 5 heteroatoms. The summed E-state index contributed by atoms with van der Waals surface area (Å²) < 4.78 is 11.4. The number of ether oxygens (including phenoxy) is 2. The second-order valence-electron chi connectivity index (χ2n) is 7.09. The molecular formula is C27H24N2O3. The van der Waals surface area contributed by atoms with Gasteiger partial charge in [-0.2, -0.15) is 0 Å². The zero-order valence-electron chi connectivity index (χ0n) is 17.8. The van der Waals surface area contributed by atoms with Gasteiger partial charge in [0.25, 0.3) is 5.91 Å². The molecule has 0 unspecified atom stereocenters. The molecule has 1 amide bonds. The first-order valence-corrected chi connectivity index (χ1v) is 10.5. The fraction of sp³-hybridized carbons (Fsp3) is 0.111. The molecule has 4 aromatic carbocycles. The van der Waals surface area contributed by atoms with Gasteiger partial charge < -0.3 is 14.8 Å². The summed E-state index contributed by atoms with van der Waals surface area (Å²) in [5, 5.41) is 4.91. The fourth-order valence-electron chi connectivity index (χ4n) is 3.33. The molecule has 0 saturated carbocycles. The summed E-state index contributed by atoms with van der Waals surface area (Å²) in [6.07, 6.45) is 1.78. The molecule has 0 heterocycles. The molecule has 0 fully saturated rings. The molecule has 0 bridgehead atoms. The minimum absolute atomic E-state index is 0.100. The van der Waals surface area contributed by atoms with Crippen LogP contribution >= 0.6 is 0 Å². The highest BCUT2D eigenvalue weighted by atomic mass is 16.5. The third-order valence-corrected chi connectivity index (χ3v) is 4.84. The summed E-state index contributed by atoms with van der Waals surface area (Å²) in [6.45, 7) is 2.47. The van der Waals surface area contributed by atoms with E-state index < -0.39 is 0 Å². The Bertz CT molecular complexity index is 1220. The Kier molecular flexibility index (Phi) is 6.78. The van der Waals surface area contributed by atoms with Crippen molar-refractivity contribution >= 4 is 34.3 Å². The monoisotopic (exact) mass is 424 g/mol. The number of carbonyl (C=O) groups is 1. The van der Waals surface area contributed by atoms with Crippen LogP contribution < -0.4 is 14.8 Å². The van der Waals surface area contributed by atoms with Crippen LogP contribution in [0.25, 0.3) is 10.8 Å². The van der Waals surface area contributed by atoms with E-state index in [9.17, 15) is 4.79 Å². The number of fused-ring (bicyclic) bond motifs is 1. The minimum Gasteiger partial charge on any atom is -0.494 e. The zero-order chi connectivity index (χ0) is 22.2. The smallest absolute Gasteiger partial charge is 0.262 e. The van der Waals surface area contributed by atoms with E-state index in [-0.39, 0.29) is 12.5 Å². The number of nitrogens with one attached hydrogen (secondary N) is 1. The van der Waals surface area contributed by atoms with E-state index in [1.54, 1.807) is 6.21 Å². The van der Waals surface area contributed by atoms with Gasteiger partial charge in [-0.05, 0) is 60.2 Å². The highest BCUT2D eigenvalue weighted by molar-refractivity contribution is 6.03.